The van der Waals surface area contributed by atoms with E-state index in [2.05, 4.69) is 20.6 Å². The molecule has 1 unspecified atom stereocenters. The number of hydrogen-bond donors (Lipinski definition) is 1. The predicted molar refractivity (Wildman–Crippen MR) is 44.6 cm³/mol. The van der Waals surface area contributed by atoms with Crippen LogP contribution in [-0.2, 0) is 4.79 Å². The van der Waals surface area contributed by atoms with Gasteiger partial charge in [-0.25, -0.2) is 0 Å². The molecule has 0 saturated carbocycles. The fourth-order valence-corrected chi connectivity index (χ4v) is 1.02. The van der Waals surface area contributed by atoms with Gasteiger partial charge in [0.1, 0.15) is 0 Å². The van der Waals surface area contributed by atoms with Gasteiger partial charge in [-0.2, -0.15) is 5.10 Å². The summed E-state index contributed by atoms with van der Waals surface area (Å²) in [6.45, 7) is 1.56. The first-order valence-electron chi connectivity index (χ1n) is 3.96. The van der Waals surface area contributed by atoms with Gasteiger partial charge in [0, 0.05) is 0 Å². The number of aromatic nitrogens is 5. The Morgan fingerprint density at radius 3 is 3.07 bits per heavy atom. The molecule has 72 valence electrons. The predicted octanol–water partition coefficient (Wildman–Crippen LogP) is -0.293. The molecule has 0 amide bonds. The summed E-state index contributed by atoms with van der Waals surface area (Å²) in [5.74, 6) is -1.59. The maximum Gasteiger partial charge on any atom is 0.312 e. The lowest BCUT2D eigenvalue weighted by atomic mass is 10.1. The van der Waals surface area contributed by atoms with E-state index >= 15 is 0 Å². The summed E-state index contributed by atoms with van der Waals surface area (Å²) in [5.41, 5.74) is 0.920. The molecular weight excluding hydrogens is 186 g/mol. The minimum Gasteiger partial charge on any atom is -0.481 e. The molecule has 0 aliphatic rings. The normalized spacial score (nSPS) is 12.9. The van der Waals surface area contributed by atoms with Crippen LogP contribution >= 0.6 is 0 Å². The summed E-state index contributed by atoms with van der Waals surface area (Å²) in [4.78, 5) is 10.7. The molecule has 0 aliphatic carbocycles. The fraction of sp³-hybridized carbons (Fsp3) is 0.286. The van der Waals surface area contributed by atoms with E-state index in [9.17, 15) is 4.79 Å². The van der Waals surface area contributed by atoms with Crippen molar-refractivity contribution in [3.8, 4) is 0 Å². The first kappa shape index (κ1) is 8.54. The number of carboxylic acid groups (broad SMARTS) is 1. The third-order valence-corrected chi connectivity index (χ3v) is 1.90. The number of fused-ring (bicyclic) bond motifs is 1. The van der Waals surface area contributed by atoms with Gasteiger partial charge in [0.15, 0.2) is 5.65 Å². The molecule has 14 heavy (non-hydrogen) atoms. The Kier molecular flexibility index (Phi) is 1.84. The Hall–Kier alpha value is -2.05. The van der Waals surface area contributed by atoms with Crippen LogP contribution in [0.1, 0.15) is 18.5 Å². The lowest BCUT2D eigenvalue weighted by Crippen LogP contribution is -2.11. The van der Waals surface area contributed by atoms with Gasteiger partial charge in [0.2, 0.25) is 0 Å². The smallest absolute Gasteiger partial charge is 0.312 e. The van der Waals surface area contributed by atoms with E-state index in [-0.39, 0.29) is 0 Å². The number of rotatable bonds is 2. The van der Waals surface area contributed by atoms with Gasteiger partial charge in [0.25, 0.3) is 0 Å². The summed E-state index contributed by atoms with van der Waals surface area (Å²) in [7, 11) is 0. The third-order valence-electron chi connectivity index (χ3n) is 1.90. The van der Waals surface area contributed by atoms with Crippen LogP contribution in [0.15, 0.2) is 12.1 Å². The number of hydrogen-bond acceptors (Lipinski definition) is 5. The number of nitrogens with zero attached hydrogens (tertiary/aromatic N) is 5. The highest BCUT2D eigenvalue weighted by Gasteiger charge is 2.16. The highest BCUT2D eigenvalue weighted by Crippen LogP contribution is 2.11. The Balaban J connectivity index is 2.48. The summed E-state index contributed by atoms with van der Waals surface area (Å²) >= 11 is 0. The Labute approximate surface area is 78.4 Å². The zero-order chi connectivity index (χ0) is 10.1. The lowest BCUT2D eigenvalue weighted by Gasteiger charge is -2.03. The van der Waals surface area contributed by atoms with Crippen LogP contribution < -0.4 is 0 Å². The molecule has 2 rings (SSSR count). The van der Waals surface area contributed by atoms with Crippen molar-refractivity contribution in [3.05, 3.63) is 17.8 Å². The quantitative estimate of drug-likeness (QED) is 0.704. The standard InChI is InChI=1S/C7H7N5O2/c1-4(7(13)14)5-2-3-6-8-10-11-12(6)9-5/h2-4H,1H3,(H,13,14). The maximum atomic E-state index is 10.7. The van der Waals surface area contributed by atoms with E-state index in [4.69, 9.17) is 5.11 Å². The van der Waals surface area contributed by atoms with Crippen molar-refractivity contribution in [1.82, 2.24) is 25.3 Å². The molecule has 2 aromatic rings. The zero-order valence-corrected chi connectivity index (χ0v) is 7.32. The second-order valence-electron chi connectivity index (χ2n) is 2.84. The van der Waals surface area contributed by atoms with Gasteiger partial charge in [-0.15, -0.1) is 9.73 Å². The molecule has 0 aromatic carbocycles. The zero-order valence-electron chi connectivity index (χ0n) is 7.32. The summed E-state index contributed by atoms with van der Waals surface area (Å²) in [6, 6.07) is 3.23. The molecule has 2 aromatic heterocycles. The van der Waals surface area contributed by atoms with Gasteiger partial charge in [0.05, 0.1) is 11.6 Å². The third kappa shape index (κ3) is 1.28. The molecule has 1 atom stereocenters. The van der Waals surface area contributed by atoms with E-state index in [0.717, 1.165) is 0 Å². The molecular formula is C7H7N5O2. The molecule has 0 radical (unpaired) electrons. The van der Waals surface area contributed by atoms with Gasteiger partial charge in [-0.05, 0) is 29.5 Å². The largest absolute Gasteiger partial charge is 0.481 e. The number of aliphatic carboxylic acids is 1. The van der Waals surface area contributed by atoms with Crippen LogP contribution in [0.5, 0.6) is 0 Å². The molecule has 2 heterocycles. The molecule has 7 nitrogen and oxygen atoms in total. The van der Waals surface area contributed by atoms with Crippen LogP contribution in [0.3, 0.4) is 0 Å². The molecule has 0 saturated heterocycles. The van der Waals surface area contributed by atoms with E-state index < -0.39 is 11.9 Å². The van der Waals surface area contributed by atoms with E-state index in [1.54, 1.807) is 19.1 Å². The van der Waals surface area contributed by atoms with Crippen LogP contribution in [0.25, 0.3) is 5.65 Å². The molecule has 7 heteroatoms. The van der Waals surface area contributed by atoms with Crippen molar-refractivity contribution in [1.29, 1.82) is 0 Å². The molecule has 0 spiro atoms. The van der Waals surface area contributed by atoms with Crippen LogP contribution in [-0.4, -0.2) is 36.3 Å². The van der Waals surface area contributed by atoms with Gasteiger partial charge in [-0.3, -0.25) is 4.79 Å². The SMILES string of the molecule is CC(C(=O)O)c1ccc2nnnn2n1. The van der Waals surface area contributed by atoms with Crippen molar-refractivity contribution in [2.24, 2.45) is 0 Å². The van der Waals surface area contributed by atoms with E-state index in [1.807, 2.05) is 0 Å². The van der Waals surface area contributed by atoms with Crippen LogP contribution in [0.4, 0.5) is 0 Å². The lowest BCUT2D eigenvalue weighted by molar-refractivity contribution is -0.138. The van der Waals surface area contributed by atoms with Gasteiger partial charge in [-0.1, -0.05) is 0 Å². The summed E-state index contributed by atoms with van der Waals surface area (Å²) in [6.07, 6.45) is 0. The summed E-state index contributed by atoms with van der Waals surface area (Å²) < 4.78 is 1.20. The number of carboxylic acids is 1. The molecule has 1 N–H and O–H groups in total. The topological polar surface area (TPSA) is 93.3 Å². The highest BCUT2D eigenvalue weighted by molar-refractivity contribution is 5.74. The van der Waals surface area contributed by atoms with Crippen molar-refractivity contribution >= 4 is 11.6 Å². The van der Waals surface area contributed by atoms with Crippen molar-refractivity contribution in [2.45, 2.75) is 12.8 Å². The summed E-state index contributed by atoms with van der Waals surface area (Å²) in [5, 5.41) is 23.3. The van der Waals surface area contributed by atoms with E-state index in [1.165, 1.54) is 4.63 Å². The average molecular weight is 193 g/mol. The van der Waals surface area contributed by atoms with Gasteiger partial charge < -0.3 is 5.11 Å². The van der Waals surface area contributed by atoms with E-state index in [0.29, 0.717) is 11.3 Å². The number of tetrazole rings is 1. The van der Waals surface area contributed by atoms with Crippen LogP contribution in [0, 0.1) is 0 Å². The Morgan fingerprint density at radius 2 is 2.36 bits per heavy atom. The van der Waals surface area contributed by atoms with Crippen molar-refractivity contribution in [2.75, 3.05) is 0 Å². The van der Waals surface area contributed by atoms with Gasteiger partial charge >= 0.3 is 5.97 Å². The minimum absolute atomic E-state index is 0.428. The average Bonchev–Trinajstić information content (AvgIpc) is 2.62. The monoisotopic (exact) mass is 193 g/mol. The Bertz CT molecular complexity index is 480. The molecule has 0 bridgehead atoms. The second kappa shape index (κ2) is 3.02. The fourth-order valence-electron chi connectivity index (χ4n) is 1.02. The second-order valence-corrected chi connectivity index (χ2v) is 2.84. The first-order chi connectivity index (χ1) is 6.68. The molecule has 0 fully saturated rings. The maximum absolute atomic E-state index is 10.7. The highest BCUT2D eigenvalue weighted by atomic mass is 16.4. The number of carbonyl (C=O) groups is 1. The molecule has 0 aliphatic heterocycles. The first-order valence-corrected chi connectivity index (χ1v) is 3.96. The van der Waals surface area contributed by atoms with Crippen molar-refractivity contribution in [3.63, 3.8) is 0 Å². The Morgan fingerprint density at radius 1 is 1.57 bits per heavy atom. The van der Waals surface area contributed by atoms with Crippen LogP contribution in [0.2, 0.25) is 0 Å². The minimum atomic E-state index is -0.926. The van der Waals surface area contributed by atoms with Crippen molar-refractivity contribution < 1.29 is 9.90 Å².